The molecule has 0 radical (unpaired) electrons. The number of hydrogen-bond donors (Lipinski definition) is 2. The Hall–Kier alpha value is -3.16. The zero-order chi connectivity index (χ0) is 20.5. The van der Waals surface area contributed by atoms with Crippen molar-refractivity contribution < 1.29 is 14.0 Å². The second-order valence-electron chi connectivity index (χ2n) is 6.45. The highest BCUT2D eigenvalue weighted by Crippen LogP contribution is 2.30. The molecule has 0 aliphatic heterocycles. The first-order chi connectivity index (χ1) is 13.9. The number of nitrogens with zero attached hydrogens (tertiary/aromatic N) is 1. The Bertz CT molecular complexity index is 1230. The van der Waals surface area contributed by atoms with Crippen LogP contribution < -0.4 is 10.6 Å². The van der Waals surface area contributed by atoms with Crippen LogP contribution in [0.3, 0.4) is 0 Å². The molecule has 29 heavy (non-hydrogen) atoms. The van der Waals surface area contributed by atoms with E-state index in [0.29, 0.717) is 21.4 Å². The smallest absolute Gasteiger partial charge is 0.293 e. The maximum absolute atomic E-state index is 12.7. The van der Waals surface area contributed by atoms with Gasteiger partial charge in [0.15, 0.2) is 10.9 Å². The minimum absolute atomic E-state index is 0.125. The molecule has 0 unspecified atom stereocenters. The van der Waals surface area contributed by atoms with E-state index in [1.807, 2.05) is 24.4 Å². The highest BCUT2D eigenvalue weighted by Gasteiger charge is 2.19. The summed E-state index contributed by atoms with van der Waals surface area (Å²) in [7, 11) is 0. The summed E-state index contributed by atoms with van der Waals surface area (Å²) in [4.78, 5) is 28.3. The predicted octanol–water partition coefficient (Wildman–Crippen LogP) is 5.73. The van der Waals surface area contributed by atoms with Crippen LogP contribution in [0.25, 0.3) is 22.2 Å². The van der Waals surface area contributed by atoms with Gasteiger partial charge in [-0.25, -0.2) is 4.98 Å². The fraction of sp³-hybridized carbons (Fsp3) is 0.0952. The fourth-order valence-corrected chi connectivity index (χ4v) is 3.84. The van der Waals surface area contributed by atoms with Gasteiger partial charge >= 0.3 is 0 Å². The van der Waals surface area contributed by atoms with Crippen molar-refractivity contribution in [3.63, 3.8) is 0 Å². The molecule has 0 atom stereocenters. The average Bonchev–Trinajstić information content (AvgIpc) is 3.27. The summed E-state index contributed by atoms with van der Waals surface area (Å²) >= 11 is 7.36. The maximum atomic E-state index is 12.7. The first-order valence-electron chi connectivity index (χ1n) is 8.74. The third-order valence-corrected chi connectivity index (χ3v) is 5.32. The van der Waals surface area contributed by atoms with Crippen molar-refractivity contribution in [2.24, 2.45) is 0 Å². The second kappa shape index (κ2) is 7.69. The number of aryl methyl sites for hydroxylation is 1. The van der Waals surface area contributed by atoms with Gasteiger partial charge in [-0.05, 0) is 37.3 Å². The van der Waals surface area contributed by atoms with Crippen LogP contribution in [-0.2, 0) is 4.79 Å². The van der Waals surface area contributed by atoms with E-state index in [0.717, 1.165) is 22.2 Å². The van der Waals surface area contributed by atoms with Gasteiger partial charge in [-0.1, -0.05) is 23.7 Å². The lowest BCUT2D eigenvalue weighted by molar-refractivity contribution is -0.114. The van der Waals surface area contributed by atoms with Crippen LogP contribution in [0.5, 0.6) is 0 Å². The molecule has 2 aromatic carbocycles. The first-order valence-corrected chi connectivity index (χ1v) is 10.00. The molecule has 2 amide bonds. The number of fused-ring (bicyclic) bond motifs is 1. The lowest BCUT2D eigenvalue weighted by atomic mass is 10.1. The topological polar surface area (TPSA) is 84.2 Å². The molecule has 6 nitrogen and oxygen atoms in total. The summed E-state index contributed by atoms with van der Waals surface area (Å²) in [5.74, 6) is -0.255. The summed E-state index contributed by atoms with van der Waals surface area (Å²) in [5, 5.41) is 9.22. The van der Waals surface area contributed by atoms with Gasteiger partial charge in [0, 0.05) is 39.5 Å². The molecule has 0 spiro atoms. The summed E-state index contributed by atoms with van der Waals surface area (Å²) in [6.07, 6.45) is 0. The van der Waals surface area contributed by atoms with Gasteiger partial charge in [0.25, 0.3) is 5.91 Å². The summed E-state index contributed by atoms with van der Waals surface area (Å²) in [5.41, 5.74) is 3.66. The molecular formula is C21H16ClN3O3S. The lowest BCUT2D eigenvalue weighted by Crippen LogP contribution is -2.11. The van der Waals surface area contributed by atoms with Crippen LogP contribution in [0.15, 0.2) is 52.3 Å². The van der Waals surface area contributed by atoms with Gasteiger partial charge in [0.05, 0.1) is 5.69 Å². The highest BCUT2D eigenvalue weighted by atomic mass is 35.5. The number of benzene rings is 2. The van der Waals surface area contributed by atoms with Crippen LogP contribution in [0.1, 0.15) is 23.0 Å². The number of carbonyl (C=O) groups is 2. The van der Waals surface area contributed by atoms with Gasteiger partial charge in [0.1, 0.15) is 5.58 Å². The van der Waals surface area contributed by atoms with Crippen LogP contribution in [0.4, 0.5) is 10.8 Å². The van der Waals surface area contributed by atoms with Crippen molar-refractivity contribution >= 4 is 56.5 Å². The van der Waals surface area contributed by atoms with E-state index < -0.39 is 0 Å². The molecule has 0 saturated heterocycles. The van der Waals surface area contributed by atoms with Crippen LogP contribution in [0, 0.1) is 6.92 Å². The maximum Gasteiger partial charge on any atom is 0.293 e. The van der Waals surface area contributed by atoms with Crippen molar-refractivity contribution in [2.45, 2.75) is 13.8 Å². The Labute approximate surface area is 175 Å². The van der Waals surface area contributed by atoms with Crippen molar-refractivity contribution in [1.82, 2.24) is 4.98 Å². The van der Waals surface area contributed by atoms with E-state index in [1.165, 1.54) is 18.3 Å². The predicted molar refractivity (Wildman–Crippen MR) is 116 cm³/mol. The van der Waals surface area contributed by atoms with Gasteiger partial charge < -0.3 is 9.73 Å². The molecule has 4 aromatic rings. The van der Waals surface area contributed by atoms with E-state index in [-0.39, 0.29) is 17.6 Å². The number of rotatable bonds is 4. The molecular weight excluding hydrogens is 410 g/mol. The van der Waals surface area contributed by atoms with E-state index in [9.17, 15) is 9.59 Å². The zero-order valence-corrected chi connectivity index (χ0v) is 17.1. The number of hydrogen-bond acceptors (Lipinski definition) is 5. The molecule has 2 aromatic heterocycles. The second-order valence-corrected chi connectivity index (χ2v) is 7.74. The van der Waals surface area contributed by atoms with E-state index in [4.69, 9.17) is 16.0 Å². The minimum Gasteiger partial charge on any atom is -0.451 e. The number of halogens is 1. The Kier molecular flexibility index (Phi) is 5.08. The molecule has 2 N–H and O–H groups in total. The number of thiazole rings is 1. The molecule has 2 heterocycles. The van der Waals surface area contributed by atoms with E-state index in [1.54, 1.807) is 30.3 Å². The number of furan rings is 1. The number of amides is 2. The van der Waals surface area contributed by atoms with Crippen molar-refractivity contribution in [3.8, 4) is 11.3 Å². The normalized spacial score (nSPS) is 10.9. The Morgan fingerprint density at radius 3 is 2.59 bits per heavy atom. The number of aromatic nitrogens is 1. The van der Waals surface area contributed by atoms with Crippen molar-refractivity contribution in [1.29, 1.82) is 0 Å². The fourth-order valence-electron chi connectivity index (χ4n) is 2.95. The monoisotopic (exact) mass is 425 g/mol. The van der Waals surface area contributed by atoms with E-state index in [2.05, 4.69) is 15.6 Å². The molecule has 0 saturated carbocycles. The standard InChI is InChI=1S/C21H16ClN3O3S/c1-11-16-9-14(22)5-8-18(16)28-19(11)20(27)25-21-24-17(10-29-21)13-3-6-15(7-4-13)23-12(2)26/h3-10H,1-2H3,(H,23,26)(H,24,25,27). The molecule has 0 aliphatic rings. The molecule has 146 valence electrons. The minimum atomic E-state index is -0.364. The molecule has 4 rings (SSSR count). The SMILES string of the molecule is CC(=O)Nc1ccc(-c2csc(NC(=O)c3oc4ccc(Cl)cc4c3C)n2)cc1. The van der Waals surface area contributed by atoms with Crippen LogP contribution >= 0.6 is 22.9 Å². The van der Waals surface area contributed by atoms with E-state index >= 15 is 0 Å². The highest BCUT2D eigenvalue weighted by molar-refractivity contribution is 7.14. The van der Waals surface area contributed by atoms with Crippen LogP contribution in [-0.4, -0.2) is 16.8 Å². The molecule has 0 bridgehead atoms. The average molecular weight is 426 g/mol. The third kappa shape index (κ3) is 4.01. The number of nitrogens with one attached hydrogen (secondary N) is 2. The Morgan fingerprint density at radius 2 is 1.86 bits per heavy atom. The summed E-state index contributed by atoms with van der Waals surface area (Å²) in [6, 6.07) is 12.6. The van der Waals surface area contributed by atoms with Gasteiger partial charge in [-0.2, -0.15) is 0 Å². The van der Waals surface area contributed by atoms with Crippen molar-refractivity contribution in [3.05, 3.63) is 64.2 Å². The molecule has 8 heteroatoms. The quantitative estimate of drug-likeness (QED) is 0.437. The Balaban J connectivity index is 1.52. The van der Waals surface area contributed by atoms with Crippen molar-refractivity contribution in [2.75, 3.05) is 10.6 Å². The third-order valence-electron chi connectivity index (χ3n) is 4.33. The zero-order valence-electron chi connectivity index (χ0n) is 15.6. The van der Waals surface area contributed by atoms with Gasteiger partial charge in [-0.15, -0.1) is 11.3 Å². The van der Waals surface area contributed by atoms with Crippen LogP contribution in [0.2, 0.25) is 5.02 Å². The molecule has 0 aliphatic carbocycles. The molecule has 0 fully saturated rings. The largest absolute Gasteiger partial charge is 0.451 e. The summed E-state index contributed by atoms with van der Waals surface area (Å²) < 4.78 is 5.70. The number of carbonyl (C=O) groups excluding carboxylic acids is 2. The van der Waals surface area contributed by atoms with Gasteiger partial charge in [0.2, 0.25) is 5.91 Å². The van der Waals surface area contributed by atoms with Gasteiger partial charge in [-0.3, -0.25) is 14.9 Å². The number of anilines is 2. The Morgan fingerprint density at radius 1 is 1.10 bits per heavy atom. The first kappa shape index (κ1) is 19.2. The summed E-state index contributed by atoms with van der Waals surface area (Å²) in [6.45, 7) is 3.28. The lowest BCUT2D eigenvalue weighted by Gasteiger charge is -2.03.